The maximum atomic E-state index is 12.7. The quantitative estimate of drug-likeness (QED) is 0.741. The third kappa shape index (κ3) is 3.03. The van der Waals surface area contributed by atoms with Crippen LogP contribution in [0.1, 0.15) is 18.4 Å². The zero-order valence-corrected chi connectivity index (χ0v) is 16.8. The predicted molar refractivity (Wildman–Crippen MR) is 111 cm³/mol. The molecule has 4 rings (SSSR count). The number of fused-ring (bicyclic) bond motifs is 1. The van der Waals surface area contributed by atoms with Gasteiger partial charge in [0.1, 0.15) is 0 Å². The summed E-state index contributed by atoms with van der Waals surface area (Å²) in [6.07, 6.45) is 2.34. The number of nitrogens with zero attached hydrogens (tertiary/aromatic N) is 2. The van der Waals surface area contributed by atoms with Crippen molar-refractivity contribution in [3.63, 3.8) is 0 Å². The molecular formula is C21H25N3O2S. The van der Waals surface area contributed by atoms with Gasteiger partial charge < -0.3 is 9.88 Å². The van der Waals surface area contributed by atoms with Crippen molar-refractivity contribution < 1.29 is 8.42 Å². The molecule has 2 aromatic carbocycles. The number of rotatable bonds is 4. The lowest BCUT2D eigenvalue weighted by molar-refractivity contribution is 0.521. The Labute approximate surface area is 160 Å². The highest BCUT2D eigenvalue weighted by molar-refractivity contribution is 7.89. The normalized spacial score (nSPS) is 15.2. The van der Waals surface area contributed by atoms with E-state index >= 15 is 0 Å². The third-order valence-electron chi connectivity index (χ3n) is 5.43. The lowest BCUT2D eigenvalue weighted by atomic mass is 10.0. The second kappa shape index (κ2) is 6.69. The molecule has 27 heavy (non-hydrogen) atoms. The van der Waals surface area contributed by atoms with Crippen LogP contribution in [-0.4, -0.2) is 44.9 Å². The number of benzene rings is 2. The SMILES string of the molecule is Cc1c(-c2cc(S(=O)(=O)N(C)C)ccc2N2CCCC2)[nH]c2ccccc12. The first kappa shape index (κ1) is 18.1. The van der Waals surface area contributed by atoms with Crippen LogP contribution in [0.2, 0.25) is 0 Å². The molecule has 0 saturated carbocycles. The largest absolute Gasteiger partial charge is 0.371 e. The molecule has 1 N–H and O–H groups in total. The number of aromatic amines is 1. The minimum absolute atomic E-state index is 0.323. The fraction of sp³-hybridized carbons (Fsp3) is 0.333. The molecule has 0 bridgehead atoms. The van der Waals surface area contributed by atoms with Gasteiger partial charge in [0, 0.05) is 49.3 Å². The first-order valence-corrected chi connectivity index (χ1v) is 10.7. The number of anilines is 1. The molecule has 0 spiro atoms. The molecule has 1 saturated heterocycles. The van der Waals surface area contributed by atoms with E-state index in [2.05, 4.69) is 28.9 Å². The second-order valence-corrected chi connectivity index (χ2v) is 9.48. The maximum absolute atomic E-state index is 12.7. The van der Waals surface area contributed by atoms with Gasteiger partial charge in [0.05, 0.1) is 10.6 Å². The molecule has 1 aromatic heterocycles. The summed E-state index contributed by atoms with van der Waals surface area (Å²) in [5.41, 5.74) is 5.26. The Kier molecular flexibility index (Phi) is 4.48. The number of sulfonamides is 1. The minimum atomic E-state index is -3.49. The lowest BCUT2D eigenvalue weighted by Crippen LogP contribution is -2.23. The van der Waals surface area contributed by atoms with Crippen molar-refractivity contribution in [3.05, 3.63) is 48.0 Å². The predicted octanol–water partition coefficient (Wildman–Crippen LogP) is 3.99. The van der Waals surface area contributed by atoms with E-state index in [1.165, 1.54) is 22.5 Å². The molecule has 3 aromatic rings. The van der Waals surface area contributed by atoms with E-state index in [0.29, 0.717) is 4.90 Å². The van der Waals surface area contributed by atoms with Crippen molar-refractivity contribution in [2.45, 2.75) is 24.7 Å². The van der Waals surface area contributed by atoms with Gasteiger partial charge >= 0.3 is 0 Å². The van der Waals surface area contributed by atoms with Gasteiger partial charge in [-0.05, 0) is 49.6 Å². The van der Waals surface area contributed by atoms with Crippen LogP contribution in [0.25, 0.3) is 22.2 Å². The number of hydrogen-bond acceptors (Lipinski definition) is 3. The highest BCUT2D eigenvalue weighted by Gasteiger charge is 2.24. The Hall–Kier alpha value is -2.31. The standard InChI is InChI=1S/C21H25N3O2S/c1-15-17-8-4-5-9-19(17)22-21(15)18-14-16(27(25,26)23(2)3)10-11-20(18)24-12-6-7-13-24/h4-5,8-11,14,22H,6-7,12-13H2,1-3H3. The van der Waals surface area contributed by atoms with Gasteiger partial charge in [-0.15, -0.1) is 0 Å². The Bertz CT molecular complexity index is 1090. The van der Waals surface area contributed by atoms with E-state index in [1.54, 1.807) is 20.2 Å². The smallest absolute Gasteiger partial charge is 0.242 e. The van der Waals surface area contributed by atoms with Gasteiger partial charge in [0.2, 0.25) is 10.0 Å². The van der Waals surface area contributed by atoms with Gasteiger partial charge in [0.25, 0.3) is 0 Å². The van der Waals surface area contributed by atoms with Crippen molar-refractivity contribution in [2.75, 3.05) is 32.1 Å². The number of hydrogen-bond donors (Lipinski definition) is 1. The van der Waals surface area contributed by atoms with Gasteiger partial charge in [0.15, 0.2) is 0 Å². The molecule has 5 nitrogen and oxygen atoms in total. The first-order valence-electron chi connectivity index (χ1n) is 9.29. The molecule has 0 atom stereocenters. The first-order chi connectivity index (χ1) is 12.9. The fourth-order valence-electron chi connectivity index (χ4n) is 3.87. The number of nitrogens with one attached hydrogen (secondary N) is 1. The molecule has 0 amide bonds. The molecule has 0 radical (unpaired) electrons. The van der Waals surface area contributed by atoms with E-state index in [4.69, 9.17) is 0 Å². The second-order valence-electron chi connectivity index (χ2n) is 7.33. The summed E-state index contributed by atoms with van der Waals surface area (Å²) < 4.78 is 26.7. The zero-order valence-electron chi connectivity index (χ0n) is 16.0. The molecule has 6 heteroatoms. The summed E-state index contributed by atoms with van der Waals surface area (Å²) in [5.74, 6) is 0. The van der Waals surface area contributed by atoms with Crippen molar-refractivity contribution >= 4 is 26.6 Å². The maximum Gasteiger partial charge on any atom is 0.242 e. The minimum Gasteiger partial charge on any atom is -0.371 e. The highest BCUT2D eigenvalue weighted by atomic mass is 32.2. The van der Waals surface area contributed by atoms with Gasteiger partial charge in [-0.2, -0.15) is 0 Å². The zero-order chi connectivity index (χ0) is 19.2. The van der Waals surface area contributed by atoms with E-state index < -0.39 is 10.0 Å². The van der Waals surface area contributed by atoms with Gasteiger partial charge in [-0.3, -0.25) is 0 Å². The highest BCUT2D eigenvalue weighted by Crippen LogP contribution is 2.38. The Morgan fingerprint density at radius 2 is 1.74 bits per heavy atom. The summed E-state index contributed by atoms with van der Waals surface area (Å²) in [6.45, 7) is 4.10. The van der Waals surface area contributed by atoms with Crippen LogP contribution in [0.3, 0.4) is 0 Å². The Balaban J connectivity index is 1.96. The Morgan fingerprint density at radius 1 is 1.04 bits per heavy atom. The van der Waals surface area contributed by atoms with Crippen LogP contribution in [0, 0.1) is 6.92 Å². The van der Waals surface area contributed by atoms with Crippen LogP contribution in [-0.2, 0) is 10.0 Å². The van der Waals surface area contributed by atoms with Crippen LogP contribution in [0.15, 0.2) is 47.4 Å². The fourth-order valence-corrected chi connectivity index (χ4v) is 4.80. The lowest BCUT2D eigenvalue weighted by Gasteiger charge is -2.23. The molecule has 1 fully saturated rings. The topological polar surface area (TPSA) is 56.4 Å². The molecule has 1 aliphatic rings. The van der Waals surface area contributed by atoms with Crippen LogP contribution < -0.4 is 4.90 Å². The van der Waals surface area contributed by atoms with Crippen LogP contribution >= 0.6 is 0 Å². The summed E-state index contributed by atoms with van der Waals surface area (Å²) >= 11 is 0. The molecule has 142 valence electrons. The van der Waals surface area contributed by atoms with Crippen molar-refractivity contribution in [1.29, 1.82) is 0 Å². The third-order valence-corrected chi connectivity index (χ3v) is 7.24. The van der Waals surface area contributed by atoms with E-state index in [-0.39, 0.29) is 0 Å². The average Bonchev–Trinajstić information content (AvgIpc) is 3.30. The van der Waals surface area contributed by atoms with Crippen molar-refractivity contribution in [3.8, 4) is 11.3 Å². The molecule has 0 aliphatic carbocycles. The monoisotopic (exact) mass is 383 g/mol. The molecule has 1 aliphatic heterocycles. The van der Waals surface area contributed by atoms with E-state index in [0.717, 1.165) is 41.1 Å². The van der Waals surface area contributed by atoms with Crippen LogP contribution in [0.5, 0.6) is 0 Å². The number of aryl methyl sites for hydroxylation is 1. The molecule has 0 unspecified atom stereocenters. The number of para-hydroxylation sites is 1. The Morgan fingerprint density at radius 3 is 2.41 bits per heavy atom. The van der Waals surface area contributed by atoms with Gasteiger partial charge in [-0.1, -0.05) is 18.2 Å². The number of H-pyrrole nitrogens is 1. The summed E-state index contributed by atoms with van der Waals surface area (Å²) in [4.78, 5) is 6.19. The van der Waals surface area contributed by atoms with E-state index in [9.17, 15) is 8.42 Å². The van der Waals surface area contributed by atoms with Crippen molar-refractivity contribution in [2.24, 2.45) is 0 Å². The summed E-state index contributed by atoms with van der Waals surface area (Å²) in [7, 11) is -0.356. The summed E-state index contributed by atoms with van der Waals surface area (Å²) in [5, 5.41) is 1.17. The molecular weight excluding hydrogens is 358 g/mol. The van der Waals surface area contributed by atoms with Crippen molar-refractivity contribution in [1.82, 2.24) is 9.29 Å². The molecule has 2 heterocycles. The van der Waals surface area contributed by atoms with E-state index in [1.807, 2.05) is 24.3 Å². The summed E-state index contributed by atoms with van der Waals surface area (Å²) in [6, 6.07) is 13.7. The van der Waals surface area contributed by atoms with Gasteiger partial charge in [-0.25, -0.2) is 12.7 Å². The number of aromatic nitrogens is 1. The van der Waals surface area contributed by atoms with Crippen LogP contribution in [0.4, 0.5) is 5.69 Å². The average molecular weight is 384 g/mol.